The van der Waals surface area contributed by atoms with Gasteiger partial charge in [-0.3, -0.25) is 9.59 Å². The number of amides is 2. The van der Waals surface area contributed by atoms with Crippen molar-refractivity contribution in [3.63, 3.8) is 0 Å². The number of aromatic nitrogens is 3. The number of hydrogen-bond donors (Lipinski definition) is 2. The van der Waals surface area contributed by atoms with E-state index in [-0.39, 0.29) is 23.6 Å². The number of thioether (sulfide) groups is 1. The molecule has 0 fully saturated rings. The van der Waals surface area contributed by atoms with Crippen molar-refractivity contribution < 1.29 is 14.3 Å². The minimum Gasteiger partial charge on any atom is -0.497 e. The summed E-state index contributed by atoms with van der Waals surface area (Å²) in [6.07, 6.45) is 1.72. The Bertz CT molecular complexity index is 1140. The second kappa shape index (κ2) is 11.3. The predicted molar refractivity (Wildman–Crippen MR) is 130 cm³/mol. The largest absolute Gasteiger partial charge is 0.497 e. The smallest absolute Gasteiger partial charge is 0.251 e. The van der Waals surface area contributed by atoms with Crippen molar-refractivity contribution in [2.24, 2.45) is 0 Å². The lowest BCUT2D eigenvalue weighted by Crippen LogP contribution is -2.28. The van der Waals surface area contributed by atoms with Crippen molar-refractivity contribution in [2.45, 2.75) is 31.6 Å². The number of ether oxygens (including phenoxy) is 1. The molecule has 0 aliphatic rings. The number of benzene rings is 2. The van der Waals surface area contributed by atoms with Crippen LogP contribution in [0.2, 0.25) is 0 Å². The van der Waals surface area contributed by atoms with E-state index in [1.807, 2.05) is 42.7 Å². The van der Waals surface area contributed by atoms with Crippen LogP contribution >= 0.6 is 11.8 Å². The Kier molecular flexibility index (Phi) is 8.26. The van der Waals surface area contributed by atoms with Crippen LogP contribution in [0.15, 0.2) is 66.3 Å². The molecule has 2 N–H and O–H groups in total. The number of aryl methyl sites for hydroxylation is 1. The van der Waals surface area contributed by atoms with Crippen molar-refractivity contribution in [1.29, 1.82) is 0 Å². The first-order chi connectivity index (χ1) is 15.9. The number of nitrogens with zero attached hydrogens (tertiary/aromatic N) is 3. The van der Waals surface area contributed by atoms with Gasteiger partial charge in [-0.25, -0.2) is 0 Å². The fraction of sp³-hybridized carbons (Fsp3) is 0.250. The number of hydrogen-bond acceptors (Lipinski definition) is 6. The molecular weight excluding hydrogens is 438 g/mol. The molecule has 0 bridgehead atoms. The lowest BCUT2D eigenvalue weighted by atomic mass is 10.1. The Balaban J connectivity index is 1.66. The molecule has 1 aromatic heterocycles. The number of nitrogens with one attached hydrogen (secondary N) is 2. The maximum atomic E-state index is 12.6. The Morgan fingerprint density at radius 3 is 2.73 bits per heavy atom. The molecule has 0 saturated carbocycles. The van der Waals surface area contributed by atoms with E-state index in [1.165, 1.54) is 11.8 Å². The molecule has 0 unspecified atom stereocenters. The molecule has 0 spiro atoms. The quantitative estimate of drug-likeness (QED) is 0.347. The summed E-state index contributed by atoms with van der Waals surface area (Å²) in [6, 6.07) is 14.2. The van der Waals surface area contributed by atoms with Crippen molar-refractivity contribution >= 4 is 29.3 Å². The highest BCUT2D eigenvalue weighted by Crippen LogP contribution is 2.22. The van der Waals surface area contributed by atoms with E-state index in [1.54, 1.807) is 37.5 Å². The molecule has 8 nitrogen and oxygen atoms in total. The maximum Gasteiger partial charge on any atom is 0.251 e. The minimum atomic E-state index is -0.384. The highest BCUT2D eigenvalue weighted by atomic mass is 32.2. The van der Waals surface area contributed by atoms with Crippen LogP contribution < -0.4 is 15.4 Å². The van der Waals surface area contributed by atoms with Crippen LogP contribution in [0.4, 0.5) is 5.69 Å². The zero-order valence-electron chi connectivity index (χ0n) is 18.9. The minimum absolute atomic E-state index is 0.149. The Morgan fingerprint density at radius 2 is 2.00 bits per heavy atom. The van der Waals surface area contributed by atoms with Gasteiger partial charge in [0.25, 0.3) is 5.91 Å². The van der Waals surface area contributed by atoms with Crippen LogP contribution in [0.25, 0.3) is 0 Å². The molecule has 0 aliphatic carbocycles. The lowest BCUT2D eigenvalue weighted by Gasteiger charge is -2.15. The van der Waals surface area contributed by atoms with Crippen LogP contribution in [0.1, 0.15) is 34.7 Å². The van der Waals surface area contributed by atoms with Crippen LogP contribution in [0.5, 0.6) is 5.75 Å². The average molecular weight is 466 g/mol. The van der Waals surface area contributed by atoms with Crippen molar-refractivity contribution in [3.05, 3.63) is 78.1 Å². The fourth-order valence-corrected chi connectivity index (χ4v) is 3.94. The second-order valence-corrected chi connectivity index (χ2v) is 8.32. The van der Waals surface area contributed by atoms with E-state index in [4.69, 9.17) is 4.74 Å². The van der Waals surface area contributed by atoms with Gasteiger partial charge in [0.05, 0.1) is 18.9 Å². The summed E-state index contributed by atoms with van der Waals surface area (Å²) in [4.78, 5) is 25.1. The first-order valence-electron chi connectivity index (χ1n) is 10.4. The van der Waals surface area contributed by atoms with Gasteiger partial charge >= 0.3 is 0 Å². The lowest BCUT2D eigenvalue weighted by molar-refractivity contribution is -0.113. The fourth-order valence-electron chi connectivity index (χ4n) is 3.19. The summed E-state index contributed by atoms with van der Waals surface area (Å²) in [6.45, 7) is 8.04. The van der Waals surface area contributed by atoms with Gasteiger partial charge in [-0.05, 0) is 38.1 Å². The molecule has 1 heterocycles. The van der Waals surface area contributed by atoms with Crippen molar-refractivity contribution in [3.8, 4) is 5.75 Å². The number of anilines is 1. The molecule has 3 rings (SSSR count). The van der Waals surface area contributed by atoms with Gasteiger partial charge in [0.1, 0.15) is 5.75 Å². The number of rotatable bonds is 10. The number of allylic oxidation sites excluding steroid dienone is 1. The van der Waals surface area contributed by atoms with E-state index in [0.717, 1.165) is 5.56 Å². The normalized spacial score (nSPS) is 11.5. The molecule has 9 heteroatoms. The van der Waals surface area contributed by atoms with Crippen LogP contribution in [-0.2, 0) is 11.3 Å². The standard InChI is InChI=1S/C24H27N5O3S/c1-5-12-29-22(17(3)25-23(31)18-9-6-8-16(2)13-18)27-28-24(29)33-15-21(30)26-19-10-7-11-20(14-19)32-4/h5-11,13-14,17H,1,12,15H2,2-4H3,(H,25,31)(H,26,30)/t17-/m0/s1. The highest BCUT2D eigenvalue weighted by molar-refractivity contribution is 7.99. The van der Waals surface area contributed by atoms with E-state index in [2.05, 4.69) is 27.4 Å². The molecule has 0 aliphatic heterocycles. The molecule has 33 heavy (non-hydrogen) atoms. The van der Waals surface area contributed by atoms with Gasteiger partial charge < -0.3 is 19.9 Å². The Hall–Kier alpha value is -3.59. The van der Waals surface area contributed by atoms with E-state index >= 15 is 0 Å². The summed E-state index contributed by atoms with van der Waals surface area (Å²) in [5, 5.41) is 14.9. The molecule has 172 valence electrons. The predicted octanol–water partition coefficient (Wildman–Crippen LogP) is 4.00. The van der Waals surface area contributed by atoms with E-state index < -0.39 is 0 Å². The van der Waals surface area contributed by atoms with Gasteiger partial charge in [-0.15, -0.1) is 16.8 Å². The molecule has 1 atom stereocenters. The second-order valence-electron chi connectivity index (χ2n) is 7.37. The number of methoxy groups -OCH3 is 1. The van der Waals surface area contributed by atoms with Crippen LogP contribution in [-0.4, -0.2) is 39.4 Å². The summed E-state index contributed by atoms with van der Waals surface area (Å²) in [5.41, 5.74) is 2.25. The van der Waals surface area contributed by atoms with Gasteiger partial charge in [-0.2, -0.15) is 0 Å². The van der Waals surface area contributed by atoms with Gasteiger partial charge in [0, 0.05) is 23.9 Å². The highest BCUT2D eigenvalue weighted by Gasteiger charge is 2.20. The Morgan fingerprint density at radius 1 is 1.21 bits per heavy atom. The third kappa shape index (κ3) is 6.45. The Labute approximate surface area is 197 Å². The van der Waals surface area contributed by atoms with Crippen LogP contribution in [0, 0.1) is 6.92 Å². The van der Waals surface area contributed by atoms with Crippen LogP contribution in [0.3, 0.4) is 0 Å². The topological polar surface area (TPSA) is 98.1 Å². The molecule has 2 aromatic carbocycles. The van der Waals surface area contributed by atoms with Crippen molar-refractivity contribution in [1.82, 2.24) is 20.1 Å². The maximum absolute atomic E-state index is 12.6. The van der Waals surface area contributed by atoms with Gasteiger partial charge in [-0.1, -0.05) is 41.6 Å². The number of carbonyl (C=O) groups excluding carboxylic acids is 2. The first-order valence-corrected chi connectivity index (χ1v) is 11.4. The molecule has 0 radical (unpaired) electrons. The van der Waals surface area contributed by atoms with Crippen molar-refractivity contribution in [2.75, 3.05) is 18.2 Å². The summed E-state index contributed by atoms with van der Waals surface area (Å²) in [7, 11) is 1.57. The van der Waals surface area contributed by atoms with E-state index in [9.17, 15) is 9.59 Å². The van der Waals surface area contributed by atoms with Gasteiger partial charge in [0.2, 0.25) is 5.91 Å². The third-order valence-electron chi connectivity index (χ3n) is 4.76. The molecule has 3 aromatic rings. The summed E-state index contributed by atoms with van der Waals surface area (Å²) in [5.74, 6) is 1.04. The van der Waals surface area contributed by atoms with Gasteiger partial charge in [0.15, 0.2) is 11.0 Å². The first kappa shape index (κ1) is 24.1. The summed E-state index contributed by atoms with van der Waals surface area (Å²) < 4.78 is 7.02. The zero-order chi connectivity index (χ0) is 23.8. The monoisotopic (exact) mass is 465 g/mol. The molecular formula is C24H27N5O3S. The average Bonchev–Trinajstić information content (AvgIpc) is 3.20. The van der Waals surface area contributed by atoms with E-state index in [0.29, 0.717) is 34.5 Å². The SMILES string of the molecule is C=CCn1c(SCC(=O)Nc2cccc(OC)c2)nnc1[C@H](C)NC(=O)c1cccc(C)c1. The molecule has 2 amide bonds. The number of carbonyl (C=O) groups is 2. The zero-order valence-corrected chi connectivity index (χ0v) is 19.7. The summed E-state index contributed by atoms with van der Waals surface area (Å²) >= 11 is 1.27. The third-order valence-corrected chi connectivity index (χ3v) is 5.72. The molecule has 0 saturated heterocycles.